The first-order valence-corrected chi connectivity index (χ1v) is 9.22. The Morgan fingerprint density at radius 2 is 2.03 bits per heavy atom. The molecule has 8 heteroatoms. The summed E-state index contributed by atoms with van der Waals surface area (Å²) >= 11 is 0. The van der Waals surface area contributed by atoms with Crippen LogP contribution in [-0.2, 0) is 4.79 Å². The normalized spacial score (nSPS) is 11.9. The van der Waals surface area contributed by atoms with Gasteiger partial charge in [-0.05, 0) is 36.2 Å². The van der Waals surface area contributed by atoms with Crippen molar-refractivity contribution in [2.24, 2.45) is 0 Å². The largest absolute Gasteiger partial charge is 0.505 e. The Morgan fingerprint density at radius 1 is 1.31 bits per heavy atom. The first-order chi connectivity index (χ1) is 13.9. The number of nitro benzene ring substituents is 1. The van der Waals surface area contributed by atoms with Gasteiger partial charge in [-0.1, -0.05) is 25.5 Å². The highest BCUT2D eigenvalue weighted by atomic mass is 19.1. The number of benzene rings is 2. The number of amides is 1. The van der Waals surface area contributed by atoms with Crippen LogP contribution in [0.4, 0.5) is 10.1 Å². The number of nitrogens with one attached hydrogen (secondary N) is 1. The van der Waals surface area contributed by atoms with Gasteiger partial charge >= 0.3 is 0 Å². The number of aromatic hydroxyl groups is 1. The molecule has 0 spiro atoms. The van der Waals surface area contributed by atoms with E-state index in [1.165, 1.54) is 42.6 Å². The molecule has 150 valence electrons. The Labute approximate surface area is 166 Å². The number of nitrogens with zero attached hydrogens (tertiary/aromatic N) is 2. The van der Waals surface area contributed by atoms with E-state index in [-0.39, 0.29) is 40.2 Å². The summed E-state index contributed by atoms with van der Waals surface area (Å²) in [7, 11) is 0. The van der Waals surface area contributed by atoms with E-state index >= 15 is 0 Å². The number of fused-ring (bicyclic) bond motifs is 1. The quantitative estimate of drug-likeness (QED) is 0.455. The van der Waals surface area contributed by atoms with Crippen LogP contribution in [0.5, 0.6) is 5.75 Å². The first-order valence-electron chi connectivity index (χ1n) is 9.22. The highest BCUT2D eigenvalue weighted by Gasteiger charge is 2.26. The fourth-order valence-corrected chi connectivity index (χ4v) is 3.17. The first kappa shape index (κ1) is 20.2. The Bertz CT molecular complexity index is 1050. The SMILES string of the molecule is CCCCC(=O)NC(c1ccc(F)cc1)c1cc([N+](=O)[O-])c2cccnc2c1O. The van der Waals surface area contributed by atoms with E-state index in [4.69, 9.17) is 0 Å². The van der Waals surface area contributed by atoms with Crippen molar-refractivity contribution in [3.63, 3.8) is 0 Å². The molecule has 1 atom stereocenters. The van der Waals surface area contributed by atoms with Crippen LogP contribution in [0.2, 0.25) is 0 Å². The summed E-state index contributed by atoms with van der Waals surface area (Å²) in [5.74, 6) is -0.999. The van der Waals surface area contributed by atoms with Gasteiger partial charge in [-0.25, -0.2) is 4.39 Å². The number of hydrogen-bond acceptors (Lipinski definition) is 5. The molecular formula is C21H20FN3O4. The number of phenols is 1. The van der Waals surface area contributed by atoms with Crippen LogP contribution >= 0.6 is 0 Å². The summed E-state index contributed by atoms with van der Waals surface area (Å²) in [4.78, 5) is 27.5. The zero-order valence-electron chi connectivity index (χ0n) is 15.8. The molecule has 0 aliphatic rings. The average molecular weight is 397 g/mol. The lowest BCUT2D eigenvalue weighted by Gasteiger charge is -2.21. The molecule has 0 bridgehead atoms. The molecule has 1 heterocycles. The lowest BCUT2D eigenvalue weighted by atomic mass is 9.95. The number of unbranched alkanes of at least 4 members (excludes halogenated alkanes) is 1. The van der Waals surface area contributed by atoms with Gasteiger partial charge in [0.25, 0.3) is 5.69 Å². The van der Waals surface area contributed by atoms with Gasteiger partial charge in [0.05, 0.1) is 16.4 Å². The second kappa shape index (κ2) is 8.64. The van der Waals surface area contributed by atoms with Gasteiger partial charge in [0.2, 0.25) is 5.91 Å². The molecule has 1 amide bonds. The van der Waals surface area contributed by atoms with Crippen molar-refractivity contribution in [2.45, 2.75) is 32.2 Å². The molecule has 0 radical (unpaired) electrons. The summed E-state index contributed by atoms with van der Waals surface area (Å²) in [5.41, 5.74) is 0.429. The topological polar surface area (TPSA) is 105 Å². The molecule has 1 unspecified atom stereocenters. The molecule has 0 saturated heterocycles. The molecule has 2 N–H and O–H groups in total. The zero-order chi connectivity index (χ0) is 21.0. The number of phenolic OH excluding ortho intramolecular Hbond substituents is 1. The number of halogens is 1. The number of pyridine rings is 1. The molecule has 0 aliphatic carbocycles. The van der Waals surface area contributed by atoms with Gasteiger partial charge in [0.1, 0.15) is 17.1 Å². The van der Waals surface area contributed by atoms with Crippen molar-refractivity contribution in [1.82, 2.24) is 10.3 Å². The van der Waals surface area contributed by atoms with Crippen molar-refractivity contribution in [2.75, 3.05) is 0 Å². The molecule has 0 fully saturated rings. The van der Waals surface area contributed by atoms with Gasteiger partial charge in [-0.3, -0.25) is 19.9 Å². The van der Waals surface area contributed by atoms with E-state index in [0.717, 1.165) is 6.42 Å². The average Bonchev–Trinajstić information content (AvgIpc) is 2.72. The van der Waals surface area contributed by atoms with Crippen molar-refractivity contribution in [3.05, 3.63) is 75.7 Å². The van der Waals surface area contributed by atoms with E-state index < -0.39 is 16.8 Å². The highest BCUT2D eigenvalue weighted by molar-refractivity contribution is 5.94. The second-order valence-corrected chi connectivity index (χ2v) is 6.65. The smallest absolute Gasteiger partial charge is 0.279 e. The third kappa shape index (κ3) is 4.31. The van der Waals surface area contributed by atoms with E-state index in [9.17, 15) is 24.4 Å². The van der Waals surface area contributed by atoms with Crippen LogP contribution in [-0.4, -0.2) is 20.9 Å². The van der Waals surface area contributed by atoms with Crippen LogP contribution in [0.1, 0.15) is 43.4 Å². The Hall–Kier alpha value is -3.55. The molecule has 1 aromatic heterocycles. The molecule has 29 heavy (non-hydrogen) atoms. The standard InChI is InChI=1S/C21H20FN3O4/c1-2-3-6-18(26)24-19(13-7-9-14(22)10-8-13)16-12-17(25(28)29)15-5-4-11-23-20(15)21(16)27/h4-5,7-12,19,27H,2-3,6H2,1H3,(H,24,26). The minimum absolute atomic E-state index is 0.0617. The Balaban J connectivity index is 2.17. The Morgan fingerprint density at radius 3 is 2.69 bits per heavy atom. The van der Waals surface area contributed by atoms with Crippen molar-refractivity contribution in [1.29, 1.82) is 0 Å². The number of hydrogen-bond donors (Lipinski definition) is 2. The Kier molecular flexibility index (Phi) is 6.01. The maximum atomic E-state index is 13.4. The van der Waals surface area contributed by atoms with Crippen LogP contribution < -0.4 is 5.32 Å². The molecule has 7 nitrogen and oxygen atoms in total. The van der Waals surface area contributed by atoms with Crippen molar-refractivity contribution in [3.8, 4) is 5.75 Å². The third-order valence-corrected chi connectivity index (χ3v) is 4.65. The fraction of sp³-hybridized carbons (Fsp3) is 0.238. The summed E-state index contributed by atoms with van der Waals surface area (Å²) in [6, 6.07) is 8.76. The maximum Gasteiger partial charge on any atom is 0.279 e. The van der Waals surface area contributed by atoms with Gasteiger partial charge in [0.15, 0.2) is 0 Å². The summed E-state index contributed by atoms with van der Waals surface area (Å²) in [6.45, 7) is 1.95. The number of nitro groups is 1. The molecule has 0 aliphatic heterocycles. The minimum atomic E-state index is -0.898. The fourth-order valence-electron chi connectivity index (χ4n) is 3.17. The number of rotatable bonds is 7. The van der Waals surface area contributed by atoms with Gasteiger partial charge in [-0.15, -0.1) is 0 Å². The van der Waals surface area contributed by atoms with Crippen LogP contribution in [0.3, 0.4) is 0 Å². The van der Waals surface area contributed by atoms with Gasteiger partial charge in [0, 0.05) is 24.2 Å². The van der Waals surface area contributed by atoms with Crippen LogP contribution in [0.25, 0.3) is 10.9 Å². The molecule has 3 aromatic rings. The predicted octanol–water partition coefficient (Wildman–Crippen LogP) is 4.38. The van der Waals surface area contributed by atoms with Gasteiger partial charge in [-0.2, -0.15) is 0 Å². The van der Waals surface area contributed by atoms with Crippen LogP contribution in [0.15, 0.2) is 48.7 Å². The molecular weight excluding hydrogens is 377 g/mol. The van der Waals surface area contributed by atoms with E-state index in [2.05, 4.69) is 10.3 Å². The van der Waals surface area contributed by atoms with Crippen molar-refractivity contribution >= 4 is 22.5 Å². The summed E-state index contributed by atoms with van der Waals surface area (Å²) in [5, 5.41) is 25.4. The number of non-ortho nitro benzene ring substituents is 1. The second-order valence-electron chi connectivity index (χ2n) is 6.65. The zero-order valence-corrected chi connectivity index (χ0v) is 15.8. The summed E-state index contributed by atoms with van der Waals surface area (Å²) in [6.07, 6.45) is 3.18. The maximum absolute atomic E-state index is 13.4. The van der Waals surface area contributed by atoms with E-state index in [1.807, 2.05) is 6.92 Å². The number of carbonyl (C=O) groups is 1. The van der Waals surface area contributed by atoms with Crippen molar-refractivity contribution < 1.29 is 19.2 Å². The number of aromatic nitrogens is 1. The predicted molar refractivity (Wildman–Crippen MR) is 106 cm³/mol. The highest BCUT2D eigenvalue weighted by Crippen LogP contribution is 2.39. The van der Waals surface area contributed by atoms with Crippen LogP contribution in [0, 0.1) is 15.9 Å². The van der Waals surface area contributed by atoms with E-state index in [0.29, 0.717) is 12.0 Å². The lowest BCUT2D eigenvalue weighted by Crippen LogP contribution is -2.29. The van der Waals surface area contributed by atoms with Gasteiger partial charge < -0.3 is 10.4 Å². The minimum Gasteiger partial charge on any atom is -0.505 e. The lowest BCUT2D eigenvalue weighted by molar-refractivity contribution is -0.383. The monoisotopic (exact) mass is 397 g/mol. The molecule has 3 rings (SSSR count). The molecule has 0 saturated carbocycles. The number of carbonyl (C=O) groups excluding carboxylic acids is 1. The molecule has 2 aromatic carbocycles. The third-order valence-electron chi connectivity index (χ3n) is 4.65. The van der Waals surface area contributed by atoms with E-state index in [1.54, 1.807) is 6.07 Å². The summed E-state index contributed by atoms with van der Waals surface area (Å²) < 4.78 is 13.4.